The van der Waals surface area contributed by atoms with Crippen LogP contribution in [0, 0.1) is 6.92 Å². The zero-order valence-corrected chi connectivity index (χ0v) is 17.7. The van der Waals surface area contributed by atoms with Gasteiger partial charge in [0.2, 0.25) is 0 Å². The summed E-state index contributed by atoms with van der Waals surface area (Å²) in [5.74, 6) is 0.0699. The first-order valence-corrected chi connectivity index (χ1v) is 10.3. The van der Waals surface area contributed by atoms with Crippen LogP contribution in [0.25, 0.3) is 11.4 Å². The molecule has 0 radical (unpaired) electrons. The van der Waals surface area contributed by atoms with Crippen molar-refractivity contribution in [2.75, 3.05) is 5.32 Å². The van der Waals surface area contributed by atoms with Gasteiger partial charge in [-0.3, -0.25) is 24.4 Å². The maximum Gasteiger partial charge on any atom is 0.261 e. The van der Waals surface area contributed by atoms with Gasteiger partial charge >= 0.3 is 0 Å². The maximum absolute atomic E-state index is 12.9. The van der Waals surface area contributed by atoms with Gasteiger partial charge in [0.05, 0.1) is 17.7 Å². The second-order valence-corrected chi connectivity index (χ2v) is 7.72. The Hall–Kier alpha value is -4.59. The van der Waals surface area contributed by atoms with E-state index in [-0.39, 0.29) is 29.5 Å². The van der Waals surface area contributed by atoms with Gasteiger partial charge in [0.25, 0.3) is 17.7 Å². The molecule has 0 spiro atoms. The summed E-state index contributed by atoms with van der Waals surface area (Å²) in [7, 11) is 0. The number of benzene rings is 3. The molecular formula is C25H19N5O3. The summed E-state index contributed by atoms with van der Waals surface area (Å²) in [6.45, 7) is 1.99. The average Bonchev–Trinajstić information content (AvgIpc) is 3.37. The van der Waals surface area contributed by atoms with Crippen LogP contribution in [-0.4, -0.2) is 37.8 Å². The summed E-state index contributed by atoms with van der Waals surface area (Å²) >= 11 is 0. The molecule has 2 heterocycles. The number of amides is 3. The number of imide groups is 1. The lowest BCUT2D eigenvalue weighted by Crippen LogP contribution is -2.29. The van der Waals surface area contributed by atoms with Gasteiger partial charge < -0.3 is 5.32 Å². The molecule has 4 aromatic rings. The van der Waals surface area contributed by atoms with Crippen LogP contribution >= 0.6 is 0 Å². The largest absolute Gasteiger partial charge is 0.322 e. The van der Waals surface area contributed by atoms with Crippen LogP contribution in [-0.2, 0) is 6.54 Å². The lowest BCUT2D eigenvalue weighted by atomic mass is 10.1. The van der Waals surface area contributed by atoms with E-state index in [1.807, 2.05) is 43.3 Å². The van der Waals surface area contributed by atoms with Crippen LogP contribution in [0.2, 0.25) is 0 Å². The summed E-state index contributed by atoms with van der Waals surface area (Å²) in [5.41, 5.74) is 2.99. The lowest BCUT2D eigenvalue weighted by molar-refractivity contribution is 0.0642. The number of carbonyl (C=O) groups is 3. The topological polar surface area (TPSA) is 108 Å². The summed E-state index contributed by atoms with van der Waals surface area (Å²) in [5, 5.41) is 9.75. The fourth-order valence-corrected chi connectivity index (χ4v) is 3.75. The molecule has 1 aromatic heterocycles. The summed E-state index contributed by atoms with van der Waals surface area (Å²) in [4.78, 5) is 44.0. The molecule has 0 bridgehead atoms. The second-order valence-electron chi connectivity index (χ2n) is 7.72. The Balaban J connectivity index is 1.36. The molecule has 0 atom stereocenters. The molecule has 0 saturated carbocycles. The number of carbonyl (C=O) groups excluding carboxylic acids is 3. The first kappa shape index (κ1) is 20.3. The number of rotatable bonds is 5. The number of nitrogens with zero attached hydrogens (tertiary/aromatic N) is 3. The van der Waals surface area contributed by atoms with E-state index >= 15 is 0 Å². The number of aromatic nitrogens is 3. The standard InChI is InChI=1S/C25H19N5O3/c1-15-26-22(29-28-15)17-8-5-9-19(12-17)27-23(31)18-10-11-20-21(13-18)25(33)30(24(20)32)14-16-6-3-2-4-7-16/h2-13H,14H2,1H3,(H,27,31)(H,26,28,29). The van der Waals surface area contributed by atoms with Gasteiger partial charge in [-0.25, -0.2) is 4.98 Å². The molecule has 0 fully saturated rings. The Kier molecular flexibility index (Phi) is 5.02. The Labute approximate surface area is 189 Å². The quantitative estimate of drug-likeness (QED) is 0.462. The molecule has 1 aliphatic rings. The number of aryl methyl sites for hydroxylation is 1. The van der Waals surface area contributed by atoms with Crippen LogP contribution in [0.3, 0.4) is 0 Å². The molecular weight excluding hydrogens is 418 g/mol. The highest BCUT2D eigenvalue weighted by molar-refractivity contribution is 6.22. The zero-order valence-electron chi connectivity index (χ0n) is 17.7. The van der Waals surface area contributed by atoms with Gasteiger partial charge in [-0.1, -0.05) is 42.5 Å². The van der Waals surface area contributed by atoms with Crippen molar-refractivity contribution in [3.63, 3.8) is 0 Å². The minimum atomic E-state index is -0.407. The van der Waals surface area contributed by atoms with Crippen LogP contribution in [0.4, 0.5) is 5.69 Å². The van der Waals surface area contributed by atoms with E-state index < -0.39 is 5.91 Å². The molecule has 3 aromatic carbocycles. The first-order valence-electron chi connectivity index (χ1n) is 10.3. The zero-order chi connectivity index (χ0) is 22.9. The minimum Gasteiger partial charge on any atom is -0.322 e. The normalized spacial score (nSPS) is 12.7. The van der Waals surface area contributed by atoms with E-state index in [4.69, 9.17) is 0 Å². The second kappa shape index (κ2) is 8.16. The third kappa shape index (κ3) is 3.89. The Morgan fingerprint density at radius 3 is 2.48 bits per heavy atom. The number of anilines is 1. The first-order chi connectivity index (χ1) is 16.0. The van der Waals surface area contributed by atoms with Crippen LogP contribution in [0.15, 0.2) is 72.8 Å². The smallest absolute Gasteiger partial charge is 0.261 e. The van der Waals surface area contributed by atoms with Gasteiger partial charge in [-0.05, 0) is 42.8 Å². The monoisotopic (exact) mass is 437 g/mol. The highest BCUT2D eigenvalue weighted by atomic mass is 16.2. The van der Waals surface area contributed by atoms with Crippen LogP contribution in [0.5, 0.6) is 0 Å². The Morgan fingerprint density at radius 2 is 1.73 bits per heavy atom. The highest BCUT2D eigenvalue weighted by Gasteiger charge is 2.36. The molecule has 2 N–H and O–H groups in total. The fraction of sp³-hybridized carbons (Fsp3) is 0.0800. The molecule has 5 rings (SSSR count). The Bertz CT molecular complexity index is 1390. The van der Waals surface area contributed by atoms with Crippen LogP contribution in [0.1, 0.15) is 42.5 Å². The number of nitrogens with one attached hydrogen (secondary N) is 2. The summed E-state index contributed by atoms with van der Waals surface area (Å²) < 4.78 is 0. The number of H-pyrrole nitrogens is 1. The van der Waals surface area contributed by atoms with Crippen molar-refractivity contribution < 1.29 is 14.4 Å². The average molecular weight is 437 g/mol. The minimum absolute atomic E-state index is 0.183. The maximum atomic E-state index is 12.9. The van der Waals surface area contributed by atoms with Gasteiger partial charge in [0.1, 0.15) is 5.82 Å². The van der Waals surface area contributed by atoms with E-state index in [0.717, 1.165) is 11.1 Å². The predicted molar refractivity (Wildman–Crippen MR) is 122 cm³/mol. The molecule has 33 heavy (non-hydrogen) atoms. The molecule has 1 aliphatic heterocycles. The highest BCUT2D eigenvalue weighted by Crippen LogP contribution is 2.26. The number of aromatic amines is 1. The third-order valence-corrected chi connectivity index (χ3v) is 5.39. The van der Waals surface area contributed by atoms with Gasteiger partial charge in [0.15, 0.2) is 5.82 Å². The van der Waals surface area contributed by atoms with Crippen LogP contribution < -0.4 is 5.32 Å². The number of fused-ring (bicyclic) bond motifs is 1. The number of hydrogen-bond donors (Lipinski definition) is 2. The molecule has 162 valence electrons. The molecule has 0 unspecified atom stereocenters. The van der Waals surface area contributed by atoms with E-state index in [9.17, 15) is 14.4 Å². The molecule has 3 amide bonds. The molecule has 0 saturated heterocycles. The van der Waals surface area contributed by atoms with Gasteiger partial charge in [0, 0.05) is 16.8 Å². The summed E-state index contributed by atoms with van der Waals surface area (Å²) in [6.07, 6.45) is 0. The van der Waals surface area contributed by atoms with Crippen molar-refractivity contribution in [3.8, 4) is 11.4 Å². The molecule has 0 aliphatic carbocycles. The van der Waals surface area contributed by atoms with E-state index in [2.05, 4.69) is 20.5 Å². The SMILES string of the molecule is Cc1nc(-c2cccc(NC(=O)c3ccc4c(c3)C(=O)N(Cc3ccccc3)C4=O)c2)n[nH]1. The molecule has 8 nitrogen and oxygen atoms in total. The predicted octanol–water partition coefficient (Wildman–Crippen LogP) is 3.83. The van der Waals surface area contributed by atoms with E-state index in [1.54, 1.807) is 24.3 Å². The van der Waals surface area contributed by atoms with Crippen molar-refractivity contribution in [2.24, 2.45) is 0 Å². The van der Waals surface area contributed by atoms with Gasteiger partial charge in [-0.15, -0.1) is 0 Å². The molecule has 8 heteroatoms. The van der Waals surface area contributed by atoms with E-state index in [1.165, 1.54) is 17.0 Å². The lowest BCUT2D eigenvalue weighted by Gasteiger charge is -2.13. The Morgan fingerprint density at radius 1 is 0.939 bits per heavy atom. The van der Waals surface area contributed by atoms with E-state index in [0.29, 0.717) is 22.9 Å². The van der Waals surface area contributed by atoms with Crippen molar-refractivity contribution in [2.45, 2.75) is 13.5 Å². The van der Waals surface area contributed by atoms with Crippen molar-refractivity contribution >= 4 is 23.4 Å². The third-order valence-electron chi connectivity index (χ3n) is 5.39. The number of hydrogen-bond acceptors (Lipinski definition) is 5. The van der Waals surface area contributed by atoms with Crippen molar-refractivity contribution in [3.05, 3.63) is 101 Å². The van der Waals surface area contributed by atoms with Crippen molar-refractivity contribution in [1.82, 2.24) is 20.1 Å². The van der Waals surface area contributed by atoms with Gasteiger partial charge in [-0.2, -0.15) is 5.10 Å². The fourth-order valence-electron chi connectivity index (χ4n) is 3.75. The van der Waals surface area contributed by atoms with Crippen molar-refractivity contribution in [1.29, 1.82) is 0 Å². The summed E-state index contributed by atoms with van der Waals surface area (Å²) in [6, 6.07) is 21.0.